The third kappa shape index (κ3) is 3.29. The predicted octanol–water partition coefficient (Wildman–Crippen LogP) is 4.48. The number of aromatic nitrogens is 1. The Bertz CT molecular complexity index is 1210. The van der Waals surface area contributed by atoms with Gasteiger partial charge in [0.1, 0.15) is 11.6 Å². The third-order valence-corrected chi connectivity index (χ3v) is 4.86. The number of nitrogens with zero attached hydrogens (tertiary/aromatic N) is 1. The van der Waals surface area contributed by atoms with E-state index in [9.17, 15) is 19.4 Å². The molecule has 0 radical (unpaired) electrons. The average molecular weight is 391 g/mol. The minimum atomic E-state index is -0.466. The summed E-state index contributed by atoms with van der Waals surface area (Å²) >= 11 is 0. The van der Waals surface area contributed by atoms with Gasteiger partial charge < -0.3 is 19.5 Å². The number of rotatable bonds is 5. The van der Waals surface area contributed by atoms with Crippen molar-refractivity contribution < 1.29 is 24.1 Å². The Balaban J connectivity index is 1.88. The molecule has 146 valence electrons. The molecule has 1 aromatic heterocycles. The van der Waals surface area contributed by atoms with E-state index in [1.54, 1.807) is 24.4 Å². The molecule has 5 nitrogen and oxygen atoms in total. The molecule has 0 aliphatic rings. The summed E-state index contributed by atoms with van der Waals surface area (Å²) in [5, 5.41) is 20.5. The Hall–Kier alpha value is -3.80. The van der Waals surface area contributed by atoms with Crippen LogP contribution >= 0.6 is 0 Å². The van der Waals surface area contributed by atoms with Crippen molar-refractivity contribution in [3.05, 3.63) is 89.4 Å². The fourth-order valence-electron chi connectivity index (χ4n) is 3.44. The smallest absolute Gasteiger partial charge is 0.199 e. The van der Waals surface area contributed by atoms with E-state index >= 15 is 0 Å². The second kappa shape index (κ2) is 7.31. The van der Waals surface area contributed by atoms with Crippen LogP contribution in [-0.2, 0) is 6.54 Å². The maximum Gasteiger partial charge on any atom is 0.199 e. The lowest BCUT2D eigenvalue weighted by Gasteiger charge is -2.07. The molecular formula is C23H18FNO4. The highest BCUT2D eigenvalue weighted by atomic mass is 19.1. The van der Waals surface area contributed by atoms with Gasteiger partial charge in [-0.15, -0.1) is 0 Å². The number of aromatic hydroxyl groups is 2. The van der Waals surface area contributed by atoms with Crippen LogP contribution in [0.4, 0.5) is 4.39 Å². The van der Waals surface area contributed by atoms with Crippen molar-refractivity contribution in [2.24, 2.45) is 0 Å². The lowest BCUT2D eigenvalue weighted by Crippen LogP contribution is -2.02. The Kier molecular flexibility index (Phi) is 4.68. The minimum Gasteiger partial charge on any atom is -0.504 e. The van der Waals surface area contributed by atoms with Gasteiger partial charge in [0.25, 0.3) is 0 Å². The van der Waals surface area contributed by atoms with Gasteiger partial charge in [-0.25, -0.2) is 4.39 Å². The van der Waals surface area contributed by atoms with Crippen LogP contribution in [0.1, 0.15) is 21.5 Å². The highest BCUT2D eigenvalue weighted by Gasteiger charge is 2.23. The fourth-order valence-corrected chi connectivity index (χ4v) is 3.44. The molecule has 0 unspecified atom stereocenters. The van der Waals surface area contributed by atoms with E-state index in [0.717, 1.165) is 11.1 Å². The van der Waals surface area contributed by atoms with Crippen molar-refractivity contribution in [3.8, 4) is 17.2 Å². The molecular weight excluding hydrogens is 373 g/mol. The summed E-state index contributed by atoms with van der Waals surface area (Å²) in [5.41, 5.74) is 1.96. The molecule has 6 heteroatoms. The van der Waals surface area contributed by atoms with Crippen molar-refractivity contribution >= 4 is 16.7 Å². The SMILES string of the molecule is COc1cccc2c1c(C(=O)c1cccc(O)c1O)cn2Cc1ccc(F)cc1. The number of carbonyl (C=O) groups is 1. The van der Waals surface area contributed by atoms with Crippen LogP contribution < -0.4 is 4.74 Å². The van der Waals surface area contributed by atoms with Crippen molar-refractivity contribution in [3.63, 3.8) is 0 Å². The molecule has 1 heterocycles. The lowest BCUT2D eigenvalue weighted by atomic mass is 10.0. The Labute approximate surface area is 166 Å². The largest absolute Gasteiger partial charge is 0.504 e. The molecule has 0 saturated heterocycles. The normalized spacial score (nSPS) is 11.0. The van der Waals surface area contributed by atoms with E-state index in [1.165, 1.54) is 37.4 Å². The van der Waals surface area contributed by atoms with Crippen molar-refractivity contribution in [2.45, 2.75) is 6.54 Å². The van der Waals surface area contributed by atoms with Gasteiger partial charge in [0.05, 0.1) is 29.1 Å². The van der Waals surface area contributed by atoms with Crippen LogP contribution in [0, 0.1) is 5.82 Å². The zero-order valence-corrected chi connectivity index (χ0v) is 15.6. The van der Waals surface area contributed by atoms with E-state index in [2.05, 4.69) is 0 Å². The molecule has 4 rings (SSSR count). The summed E-state index contributed by atoms with van der Waals surface area (Å²) in [6.07, 6.45) is 1.68. The maximum atomic E-state index is 13.2. The second-order valence-corrected chi connectivity index (χ2v) is 6.65. The number of para-hydroxylation sites is 1. The first-order valence-corrected chi connectivity index (χ1v) is 8.95. The third-order valence-electron chi connectivity index (χ3n) is 4.86. The van der Waals surface area contributed by atoms with E-state index < -0.39 is 11.5 Å². The monoisotopic (exact) mass is 391 g/mol. The minimum absolute atomic E-state index is 0.00302. The first kappa shape index (κ1) is 18.6. The van der Waals surface area contributed by atoms with E-state index in [-0.39, 0.29) is 17.1 Å². The topological polar surface area (TPSA) is 71.7 Å². The van der Waals surface area contributed by atoms with E-state index in [0.29, 0.717) is 23.2 Å². The van der Waals surface area contributed by atoms with Crippen LogP contribution in [0.3, 0.4) is 0 Å². The molecule has 0 aliphatic carbocycles. The quantitative estimate of drug-likeness (QED) is 0.389. The number of hydrogen-bond acceptors (Lipinski definition) is 4. The van der Waals surface area contributed by atoms with Crippen LogP contribution in [0.15, 0.2) is 66.9 Å². The Morgan fingerprint density at radius 2 is 1.72 bits per heavy atom. The molecule has 4 aromatic rings. The summed E-state index contributed by atoms with van der Waals surface area (Å²) in [6, 6.07) is 15.8. The van der Waals surface area contributed by atoms with Gasteiger partial charge in [-0.3, -0.25) is 4.79 Å². The highest BCUT2D eigenvalue weighted by Crippen LogP contribution is 2.36. The Morgan fingerprint density at radius 1 is 1.00 bits per heavy atom. The van der Waals surface area contributed by atoms with Gasteiger partial charge in [-0.2, -0.15) is 0 Å². The van der Waals surface area contributed by atoms with Gasteiger partial charge in [-0.1, -0.05) is 24.3 Å². The van der Waals surface area contributed by atoms with Crippen molar-refractivity contribution in [1.29, 1.82) is 0 Å². The van der Waals surface area contributed by atoms with E-state index in [1.807, 2.05) is 16.7 Å². The molecule has 0 aliphatic heterocycles. The molecule has 0 spiro atoms. The number of carbonyl (C=O) groups excluding carboxylic acids is 1. The molecule has 0 saturated carbocycles. The number of benzene rings is 3. The number of fused-ring (bicyclic) bond motifs is 1. The fraction of sp³-hybridized carbons (Fsp3) is 0.0870. The number of methoxy groups -OCH3 is 1. The van der Waals surface area contributed by atoms with Crippen molar-refractivity contribution in [2.75, 3.05) is 7.11 Å². The summed E-state index contributed by atoms with van der Waals surface area (Å²) in [6.45, 7) is 0.420. The van der Waals surface area contributed by atoms with Crippen molar-refractivity contribution in [1.82, 2.24) is 4.57 Å². The van der Waals surface area contributed by atoms with Gasteiger partial charge in [0.15, 0.2) is 17.3 Å². The highest BCUT2D eigenvalue weighted by molar-refractivity contribution is 6.19. The number of halogens is 1. The molecule has 2 N–H and O–H groups in total. The van der Waals surface area contributed by atoms with Crippen LogP contribution in [0.2, 0.25) is 0 Å². The summed E-state index contributed by atoms with van der Waals surface area (Å²) in [4.78, 5) is 13.2. The predicted molar refractivity (Wildman–Crippen MR) is 107 cm³/mol. The number of ketones is 1. The maximum absolute atomic E-state index is 13.2. The zero-order chi connectivity index (χ0) is 20.5. The Morgan fingerprint density at radius 3 is 2.45 bits per heavy atom. The van der Waals surface area contributed by atoms with Gasteiger partial charge >= 0.3 is 0 Å². The van der Waals surface area contributed by atoms with Crippen LogP contribution in [-0.4, -0.2) is 27.7 Å². The first-order chi connectivity index (χ1) is 14.0. The molecule has 0 amide bonds. The summed E-state index contributed by atoms with van der Waals surface area (Å²) in [7, 11) is 1.52. The van der Waals surface area contributed by atoms with Gasteiger partial charge in [-0.05, 0) is 42.0 Å². The number of phenolic OH excluding ortho intramolecular Hbond substituents is 2. The average Bonchev–Trinajstić information content (AvgIpc) is 3.10. The lowest BCUT2D eigenvalue weighted by molar-refractivity contribution is 0.103. The summed E-state index contributed by atoms with van der Waals surface area (Å²) in [5.74, 6) is -1.07. The first-order valence-electron chi connectivity index (χ1n) is 8.95. The molecule has 3 aromatic carbocycles. The van der Waals surface area contributed by atoms with Crippen LogP contribution in [0.25, 0.3) is 10.9 Å². The number of ether oxygens (including phenoxy) is 1. The molecule has 0 atom stereocenters. The van der Waals surface area contributed by atoms with E-state index in [4.69, 9.17) is 4.74 Å². The molecule has 0 fully saturated rings. The summed E-state index contributed by atoms with van der Waals surface area (Å²) < 4.78 is 20.6. The van der Waals surface area contributed by atoms with Gasteiger partial charge in [0.2, 0.25) is 0 Å². The molecule has 0 bridgehead atoms. The number of hydrogen-bond donors (Lipinski definition) is 2. The number of phenols is 2. The van der Waals surface area contributed by atoms with Crippen LogP contribution in [0.5, 0.6) is 17.2 Å². The second-order valence-electron chi connectivity index (χ2n) is 6.65. The standard InChI is InChI=1S/C23H18FNO4/c1-29-20-7-3-5-18-21(20)17(22(27)16-4-2-6-19(26)23(16)28)13-25(18)12-14-8-10-15(24)11-9-14/h2-11,13,26,28H,12H2,1H3. The van der Waals surface area contributed by atoms with Gasteiger partial charge in [0, 0.05) is 12.7 Å². The zero-order valence-electron chi connectivity index (χ0n) is 15.6. The molecule has 29 heavy (non-hydrogen) atoms.